The van der Waals surface area contributed by atoms with Gasteiger partial charge in [0.05, 0.1) is 6.54 Å². The molecule has 0 amide bonds. The van der Waals surface area contributed by atoms with E-state index in [2.05, 4.69) is 35.2 Å². The predicted octanol–water partition coefficient (Wildman–Crippen LogP) is 0.587. The van der Waals surface area contributed by atoms with E-state index in [-0.39, 0.29) is 0 Å². The molecule has 3 aromatic heterocycles. The van der Waals surface area contributed by atoms with Crippen LogP contribution in [0, 0.1) is 13.8 Å². The molecule has 0 radical (unpaired) electrons. The summed E-state index contributed by atoms with van der Waals surface area (Å²) in [5.74, 6) is 3.12. The van der Waals surface area contributed by atoms with Crippen molar-refractivity contribution in [1.29, 1.82) is 0 Å². The Morgan fingerprint density at radius 2 is 2.04 bits per heavy atom. The smallest absolute Gasteiger partial charge is 0.230 e. The Morgan fingerprint density at radius 1 is 1.12 bits per heavy atom. The van der Waals surface area contributed by atoms with Crippen LogP contribution in [0.1, 0.15) is 24.0 Å². The molecule has 2 unspecified atom stereocenters. The lowest BCUT2D eigenvalue weighted by molar-refractivity contribution is 0.207. The maximum Gasteiger partial charge on any atom is 0.230 e. The third kappa shape index (κ3) is 2.01. The topological polar surface area (TPSA) is 88.5 Å². The Labute approximate surface area is 138 Å². The summed E-state index contributed by atoms with van der Waals surface area (Å²) in [6.45, 7) is 6.41. The number of aryl methyl sites for hydroxylation is 2. The highest BCUT2D eigenvalue weighted by Gasteiger charge is 2.44. The van der Waals surface area contributed by atoms with Crippen molar-refractivity contribution in [2.45, 2.75) is 38.9 Å². The van der Waals surface area contributed by atoms with Gasteiger partial charge in [0.25, 0.3) is 0 Å². The van der Waals surface area contributed by atoms with Crippen LogP contribution in [0.3, 0.4) is 0 Å². The number of likely N-dealkylation sites (tertiary alicyclic amines) is 1. The van der Waals surface area contributed by atoms with E-state index in [1.165, 1.54) is 0 Å². The number of hydrogen-bond donors (Lipinski definition) is 0. The lowest BCUT2D eigenvalue weighted by Gasteiger charge is -2.34. The molecule has 24 heavy (non-hydrogen) atoms. The molecule has 9 heteroatoms. The third-order valence-electron chi connectivity index (χ3n) is 5.01. The van der Waals surface area contributed by atoms with E-state index in [9.17, 15) is 0 Å². The molecule has 2 atom stereocenters. The van der Waals surface area contributed by atoms with E-state index in [0.717, 1.165) is 43.3 Å². The molecule has 3 aromatic rings. The van der Waals surface area contributed by atoms with Gasteiger partial charge in [0.15, 0.2) is 5.82 Å². The first-order valence-electron chi connectivity index (χ1n) is 8.15. The highest BCUT2D eigenvalue weighted by Crippen LogP contribution is 2.35. The van der Waals surface area contributed by atoms with Crippen molar-refractivity contribution >= 4 is 11.5 Å². The lowest BCUT2D eigenvalue weighted by Crippen LogP contribution is -2.46. The van der Waals surface area contributed by atoms with Crippen LogP contribution in [-0.2, 0) is 6.54 Å². The molecule has 2 bridgehead atoms. The van der Waals surface area contributed by atoms with Crippen LogP contribution in [0.4, 0.5) is 5.82 Å². The van der Waals surface area contributed by atoms with Crippen molar-refractivity contribution in [2.24, 2.45) is 0 Å². The first-order valence-corrected chi connectivity index (χ1v) is 8.15. The number of nitrogens with zero attached hydrogens (tertiary/aromatic N) is 8. The summed E-state index contributed by atoms with van der Waals surface area (Å²) in [7, 11) is 0. The number of hydrogen-bond acceptors (Lipinski definition) is 8. The van der Waals surface area contributed by atoms with Gasteiger partial charge < -0.3 is 9.32 Å². The van der Waals surface area contributed by atoms with Gasteiger partial charge in [-0.3, -0.25) is 9.30 Å². The van der Waals surface area contributed by atoms with Crippen LogP contribution >= 0.6 is 0 Å². The molecule has 9 nitrogen and oxygen atoms in total. The highest BCUT2D eigenvalue weighted by atomic mass is 16.4. The zero-order valence-electron chi connectivity index (χ0n) is 13.6. The van der Waals surface area contributed by atoms with E-state index >= 15 is 0 Å². The van der Waals surface area contributed by atoms with Crippen molar-refractivity contribution in [3.63, 3.8) is 0 Å². The molecule has 0 aliphatic carbocycles. The Hall–Kier alpha value is -2.55. The van der Waals surface area contributed by atoms with Gasteiger partial charge in [-0.05, 0) is 13.3 Å². The van der Waals surface area contributed by atoms with Gasteiger partial charge in [-0.15, -0.1) is 20.4 Å². The van der Waals surface area contributed by atoms with Gasteiger partial charge in [-0.1, -0.05) is 0 Å². The molecule has 2 aliphatic rings. The Bertz CT molecular complexity index is 902. The molecule has 5 rings (SSSR count). The summed E-state index contributed by atoms with van der Waals surface area (Å²) in [6, 6.07) is 0.919. The molecule has 5 heterocycles. The molecule has 0 saturated carbocycles. The van der Waals surface area contributed by atoms with Crippen molar-refractivity contribution in [3.05, 3.63) is 30.0 Å². The fourth-order valence-electron chi connectivity index (χ4n) is 3.91. The van der Waals surface area contributed by atoms with Gasteiger partial charge in [0, 0.05) is 44.5 Å². The van der Waals surface area contributed by atoms with Gasteiger partial charge in [0.2, 0.25) is 17.4 Å². The van der Waals surface area contributed by atoms with E-state index in [1.54, 1.807) is 0 Å². The standard InChI is InChI=1S/C15H18N8O/c1-9-17-20-15-14(16-3-4-22(9)15)23-7-11-5-12(23)6-21(11)8-13-19-18-10(2)24-13/h3-4,11-12H,5-8H2,1-2H3. The van der Waals surface area contributed by atoms with Gasteiger partial charge in [0.1, 0.15) is 5.82 Å². The molecule has 124 valence electrons. The number of aromatic nitrogens is 6. The number of rotatable bonds is 3. The Morgan fingerprint density at radius 3 is 2.79 bits per heavy atom. The maximum absolute atomic E-state index is 5.51. The summed E-state index contributed by atoms with van der Waals surface area (Å²) in [6.07, 6.45) is 4.86. The number of anilines is 1. The van der Waals surface area contributed by atoms with Gasteiger partial charge in [-0.2, -0.15) is 0 Å². The molecule has 0 aromatic carbocycles. The Balaban J connectivity index is 1.38. The minimum absolute atomic E-state index is 0.440. The van der Waals surface area contributed by atoms with Crippen LogP contribution in [0.5, 0.6) is 0 Å². The van der Waals surface area contributed by atoms with Crippen molar-refractivity contribution < 1.29 is 4.42 Å². The minimum atomic E-state index is 0.440. The van der Waals surface area contributed by atoms with E-state index < -0.39 is 0 Å². The molecule has 2 fully saturated rings. The van der Waals surface area contributed by atoms with E-state index in [4.69, 9.17) is 4.42 Å². The highest BCUT2D eigenvalue weighted by molar-refractivity contribution is 5.65. The normalized spacial score (nSPS) is 23.7. The van der Waals surface area contributed by atoms with E-state index in [0.29, 0.717) is 23.9 Å². The average molecular weight is 326 g/mol. The average Bonchev–Trinajstić information content (AvgIpc) is 3.33. The second-order valence-corrected chi connectivity index (χ2v) is 6.53. The first-order chi connectivity index (χ1) is 11.7. The zero-order valence-corrected chi connectivity index (χ0v) is 13.6. The SMILES string of the molecule is Cc1nnc(CN2CC3CC2CN3c2nccn3c(C)nnc23)o1. The van der Waals surface area contributed by atoms with Gasteiger partial charge >= 0.3 is 0 Å². The fourth-order valence-corrected chi connectivity index (χ4v) is 3.91. The molecular formula is C15H18N8O. The summed E-state index contributed by atoms with van der Waals surface area (Å²) >= 11 is 0. The van der Waals surface area contributed by atoms with Crippen LogP contribution in [0.15, 0.2) is 16.8 Å². The van der Waals surface area contributed by atoms with Crippen molar-refractivity contribution in [3.8, 4) is 0 Å². The number of piperazine rings is 1. The molecule has 2 aliphatic heterocycles. The first kappa shape index (κ1) is 13.8. The van der Waals surface area contributed by atoms with Crippen molar-refractivity contribution in [2.75, 3.05) is 18.0 Å². The summed E-state index contributed by atoms with van der Waals surface area (Å²) in [5.41, 5.74) is 0.835. The van der Waals surface area contributed by atoms with Crippen LogP contribution in [-0.4, -0.2) is 59.9 Å². The van der Waals surface area contributed by atoms with E-state index in [1.807, 2.05) is 30.6 Å². The molecule has 2 saturated heterocycles. The molecule has 0 N–H and O–H groups in total. The maximum atomic E-state index is 5.51. The number of fused-ring (bicyclic) bond motifs is 3. The third-order valence-corrected chi connectivity index (χ3v) is 5.01. The zero-order chi connectivity index (χ0) is 16.3. The minimum Gasteiger partial charge on any atom is -0.424 e. The van der Waals surface area contributed by atoms with Crippen LogP contribution in [0.25, 0.3) is 5.65 Å². The monoisotopic (exact) mass is 326 g/mol. The second-order valence-electron chi connectivity index (χ2n) is 6.53. The molecule has 0 spiro atoms. The molecular weight excluding hydrogens is 308 g/mol. The lowest BCUT2D eigenvalue weighted by atomic mass is 10.2. The van der Waals surface area contributed by atoms with Crippen molar-refractivity contribution in [1.82, 2.24) is 34.7 Å². The second kappa shape index (κ2) is 4.97. The fraction of sp³-hybridized carbons (Fsp3) is 0.533. The van der Waals surface area contributed by atoms with Crippen LogP contribution < -0.4 is 4.90 Å². The largest absolute Gasteiger partial charge is 0.424 e. The van der Waals surface area contributed by atoms with Crippen LogP contribution in [0.2, 0.25) is 0 Å². The summed E-state index contributed by atoms with van der Waals surface area (Å²) in [5, 5.41) is 16.5. The van der Waals surface area contributed by atoms with Gasteiger partial charge in [-0.25, -0.2) is 4.98 Å². The summed E-state index contributed by atoms with van der Waals surface area (Å²) in [4.78, 5) is 9.36. The predicted molar refractivity (Wildman–Crippen MR) is 84.5 cm³/mol. The quantitative estimate of drug-likeness (QED) is 0.691. The Kier molecular flexibility index (Phi) is 2.87. The summed E-state index contributed by atoms with van der Waals surface area (Å²) < 4.78 is 7.51.